The molecule has 1 heterocycles. The number of rotatable bonds is 2. The van der Waals surface area contributed by atoms with Gasteiger partial charge in [0, 0.05) is 36.9 Å². The van der Waals surface area contributed by atoms with E-state index >= 15 is 0 Å². The third kappa shape index (κ3) is 3.13. The Hall–Kier alpha value is -2.04. The predicted octanol–water partition coefficient (Wildman–Crippen LogP) is 3.53. The molecule has 0 aromatic heterocycles. The van der Waals surface area contributed by atoms with Gasteiger partial charge in [-0.25, -0.2) is 0 Å². The van der Waals surface area contributed by atoms with Crippen LogP contribution in [0.4, 0.5) is 0 Å². The Morgan fingerprint density at radius 3 is 2.48 bits per heavy atom. The largest absolute Gasteiger partial charge is 0.508 e. The van der Waals surface area contributed by atoms with Gasteiger partial charge in [-0.15, -0.1) is 0 Å². The molecule has 2 amide bonds. The lowest BCUT2D eigenvalue weighted by atomic mass is 9.51. The number of piperidine rings is 1. The number of aromatic hydroxyl groups is 1. The van der Waals surface area contributed by atoms with E-state index in [9.17, 15) is 14.7 Å². The summed E-state index contributed by atoms with van der Waals surface area (Å²) in [5, 5.41) is 13.5. The normalized spacial score (nSPS) is 33.0. The lowest BCUT2D eigenvalue weighted by molar-refractivity contribution is -0.149. The van der Waals surface area contributed by atoms with Crippen molar-refractivity contribution in [3.05, 3.63) is 29.3 Å². The Kier molecular flexibility index (Phi) is 4.91. The Morgan fingerprint density at radius 1 is 1.14 bits per heavy atom. The van der Waals surface area contributed by atoms with Crippen LogP contribution in [0.15, 0.2) is 18.2 Å². The number of phenols is 1. The number of likely N-dealkylation sites (tertiary alicyclic amines) is 1. The number of amides is 2. The minimum absolute atomic E-state index is 0.0116. The maximum atomic E-state index is 13.5. The summed E-state index contributed by atoms with van der Waals surface area (Å²) in [7, 11) is 0. The van der Waals surface area contributed by atoms with E-state index in [1.807, 2.05) is 6.07 Å². The molecule has 0 unspecified atom stereocenters. The minimum Gasteiger partial charge on any atom is -0.508 e. The molecule has 1 aromatic carbocycles. The second-order valence-electron chi connectivity index (χ2n) is 10.1. The summed E-state index contributed by atoms with van der Waals surface area (Å²) in [6.45, 7) is 9.22. The maximum Gasteiger partial charge on any atom is 0.225 e. The van der Waals surface area contributed by atoms with Gasteiger partial charge in [-0.2, -0.15) is 0 Å². The summed E-state index contributed by atoms with van der Waals surface area (Å²) in [6, 6.07) is 6.18. The third-order valence-corrected chi connectivity index (χ3v) is 8.39. The first-order chi connectivity index (χ1) is 13.6. The van der Waals surface area contributed by atoms with Crippen LogP contribution in [-0.4, -0.2) is 40.4 Å². The summed E-state index contributed by atoms with van der Waals surface area (Å²) in [4.78, 5) is 27.0. The smallest absolute Gasteiger partial charge is 0.225 e. The standard InChI is InChI=1S/C24H34N2O3/c1-15(27)25-17-10-8-16(9-11-17)22(29)26-13-12-24(4)19-6-5-7-20(28)18(19)14-21(26)23(24,2)3/h5-7,16-17,21,28H,8-14H2,1-4H3,(H,25,27)/t16-,17+,21-,24+/m1/s1. The topological polar surface area (TPSA) is 69.6 Å². The number of hydrogen-bond acceptors (Lipinski definition) is 3. The molecule has 2 bridgehead atoms. The highest BCUT2D eigenvalue weighted by atomic mass is 16.3. The van der Waals surface area contributed by atoms with E-state index in [0.29, 0.717) is 5.75 Å². The van der Waals surface area contributed by atoms with Crippen molar-refractivity contribution in [1.82, 2.24) is 10.2 Å². The highest BCUT2D eigenvalue weighted by Crippen LogP contribution is 2.57. The summed E-state index contributed by atoms with van der Waals surface area (Å²) in [5.74, 6) is 0.688. The second kappa shape index (κ2) is 7.03. The Bertz CT molecular complexity index is 825. The molecule has 5 heteroatoms. The van der Waals surface area contributed by atoms with Crippen LogP contribution in [0.1, 0.15) is 70.9 Å². The van der Waals surface area contributed by atoms with Crippen molar-refractivity contribution in [3.63, 3.8) is 0 Å². The Balaban J connectivity index is 1.56. The quantitative estimate of drug-likeness (QED) is 0.801. The molecule has 29 heavy (non-hydrogen) atoms. The van der Waals surface area contributed by atoms with Gasteiger partial charge >= 0.3 is 0 Å². The van der Waals surface area contributed by atoms with Crippen LogP contribution in [0.25, 0.3) is 0 Å². The van der Waals surface area contributed by atoms with E-state index in [1.165, 1.54) is 5.56 Å². The third-order valence-electron chi connectivity index (χ3n) is 8.39. The number of hydrogen-bond donors (Lipinski definition) is 2. The molecule has 1 aliphatic heterocycles. The van der Waals surface area contributed by atoms with Crippen LogP contribution >= 0.6 is 0 Å². The van der Waals surface area contributed by atoms with E-state index in [1.54, 1.807) is 13.0 Å². The molecule has 2 fully saturated rings. The molecule has 2 aliphatic carbocycles. The summed E-state index contributed by atoms with van der Waals surface area (Å²) >= 11 is 0. The van der Waals surface area contributed by atoms with Gasteiger partial charge < -0.3 is 15.3 Å². The fraction of sp³-hybridized carbons (Fsp3) is 0.667. The second-order valence-corrected chi connectivity index (χ2v) is 10.1. The average molecular weight is 399 g/mol. The molecule has 1 saturated heterocycles. The van der Waals surface area contributed by atoms with Gasteiger partial charge in [-0.3, -0.25) is 9.59 Å². The first-order valence-corrected chi connectivity index (χ1v) is 11.0. The molecular formula is C24H34N2O3. The molecule has 1 aromatic rings. The SMILES string of the molecule is CC(=O)N[C@H]1CC[C@@H](C(=O)N2CC[C@@]3(C)c4cccc(O)c4C[C@@H]2C3(C)C)CC1. The number of nitrogens with one attached hydrogen (secondary N) is 1. The average Bonchev–Trinajstić information content (AvgIpc) is 2.65. The van der Waals surface area contributed by atoms with Crippen molar-refractivity contribution in [1.29, 1.82) is 0 Å². The summed E-state index contributed by atoms with van der Waals surface area (Å²) < 4.78 is 0. The van der Waals surface area contributed by atoms with Crippen molar-refractivity contribution in [2.75, 3.05) is 6.54 Å². The van der Waals surface area contributed by atoms with Crippen LogP contribution in [0, 0.1) is 11.3 Å². The van der Waals surface area contributed by atoms with Crippen LogP contribution in [0.2, 0.25) is 0 Å². The van der Waals surface area contributed by atoms with E-state index in [4.69, 9.17) is 0 Å². The number of carbonyl (C=O) groups is 2. The van der Waals surface area contributed by atoms with Gasteiger partial charge in [0.15, 0.2) is 0 Å². The number of fused-ring (bicyclic) bond motifs is 4. The Morgan fingerprint density at radius 2 is 1.83 bits per heavy atom. The molecular weight excluding hydrogens is 364 g/mol. The zero-order valence-electron chi connectivity index (χ0n) is 18.1. The highest BCUT2D eigenvalue weighted by Gasteiger charge is 2.57. The van der Waals surface area contributed by atoms with Gasteiger partial charge in [-0.05, 0) is 61.1 Å². The van der Waals surface area contributed by atoms with Crippen molar-refractivity contribution < 1.29 is 14.7 Å². The number of phenolic OH excluding ortho intramolecular Hbond substituents is 1. The molecule has 0 radical (unpaired) electrons. The first kappa shape index (κ1) is 20.2. The predicted molar refractivity (Wildman–Crippen MR) is 113 cm³/mol. The molecule has 2 atom stereocenters. The Labute approximate surface area is 173 Å². The van der Waals surface area contributed by atoms with Gasteiger partial charge in [0.25, 0.3) is 0 Å². The first-order valence-electron chi connectivity index (χ1n) is 11.0. The summed E-state index contributed by atoms with van der Waals surface area (Å²) in [5.41, 5.74) is 2.16. The van der Waals surface area contributed by atoms with E-state index in [-0.39, 0.29) is 40.6 Å². The van der Waals surface area contributed by atoms with Gasteiger partial charge in [-0.1, -0.05) is 32.9 Å². The number of nitrogens with zero attached hydrogens (tertiary/aromatic N) is 1. The molecule has 5 nitrogen and oxygen atoms in total. The molecule has 1 saturated carbocycles. The minimum atomic E-state index is -0.0604. The van der Waals surface area contributed by atoms with E-state index < -0.39 is 0 Å². The van der Waals surface area contributed by atoms with Crippen LogP contribution < -0.4 is 5.32 Å². The maximum absolute atomic E-state index is 13.5. The monoisotopic (exact) mass is 398 g/mol. The van der Waals surface area contributed by atoms with Crippen molar-refractivity contribution in [3.8, 4) is 5.75 Å². The highest BCUT2D eigenvalue weighted by molar-refractivity contribution is 5.80. The van der Waals surface area contributed by atoms with Crippen LogP contribution in [-0.2, 0) is 21.4 Å². The zero-order chi connectivity index (χ0) is 21.0. The molecule has 0 spiro atoms. The molecule has 158 valence electrons. The molecule has 2 N–H and O–H groups in total. The molecule has 4 rings (SSSR count). The fourth-order valence-corrected chi connectivity index (χ4v) is 6.20. The number of benzene rings is 1. The van der Waals surface area contributed by atoms with E-state index in [0.717, 1.165) is 50.6 Å². The van der Waals surface area contributed by atoms with Crippen molar-refractivity contribution in [2.45, 2.75) is 83.7 Å². The molecule has 3 aliphatic rings. The zero-order valence-corrected chi connectivity index (χ0v) is 18.1. The van der Waals surface area contributed by atoms with Crippen LogP contribution in [0.3, 0.4) is 0 Å². The van der Waals surface area contributed by atoms with Gasteiger partial charge in [0.05, 0.1) is 0 Å². The number of carbonyl (C=O) groups excluding carboxylic acids is 2. The lowest BCUT2D eigenvalue weighted by Crippen LogP contribution is -2.65. The fourth-order valence-electron chi connectivity index (χ4n) is 6.20. The van der Waals surface area contributed by atoms with E-state index in [2.05, 4.69) is 37.1 Å². The van der Waals surface area contributed by atoms with Crippen molar-refractivity contribution in [2.24, 2.45) is 11.3 Å². The van der Waals surface area contributed by atoms with Crippen molar-refractivity contribution >= 4 is 11.8 Å². The lowest BCUT2D eigenvalue weighted by Gasteiger charge is -2.61. The van der Waals surface area contributed by atoms with Gasteiger partial charge in [0.1, 0.15) is 5.75 Å². The summed E-state index contributed by atoms with van der Waals surface area (Å²) in [6.07, 6.45) is 5.06. The van der Waals surface area contributed by atoms with Gasteiger partial charge in [0.2, 0.25) is 11.8 Å². The van der Waals surface area contributed by atoms with Crippen LogP contribution in [0.5, 0.6) is 5.75 Å².